The van der Waals surface area contributed by atoms with E-state index in [1.165, 1.54) is 32.6 Å². The maximum absolute atomic E-state index is 7.12. The summed E-state index contributed by atoms with van der Waals surface area (Å²) in [5.41, 5.74) is 6.89. The SMILES string of the molecule is C[Si](C)(O[Si](C)(C)c1ccc(C=NC(c2ccccc2)c2ccccc2)cc1)c1ccc(C=NC(c2ccccc2)c2ccccc2)cc1. The molecule has 3 nitrogen and oxygen atoms in total. The molecule has 0 aromatic heterocycles. The van der Waals surface area contributed by atoms with Crippen molar-refractivity contribution in [3.8, 4) is 0 Å². The zero-order valence-electron chi connectivity index (χ0n) is 28.8. The van der Waals surface area contributed by atoms with Gasteiger partial charge in [-0.15, -0.1) is 0 Å². The molecule has 0 saturated heterocycles. The molecule has 0 heterocycles. The predicted molar refractivity (Wildman–Crippen MR) is 213 cm³/mol. The van der Waals surface area contributed by atoms with Crippen molar-refractivity contribution < 1.29 is 4.12 Å². The average Bonchev–Trinajstić information content (AvgIpc) is 3.14. The van der Waals surface area contributed by atoms with Gasteiger partial charge in [-0.3, -0.25) is 9.98 Å². The Morgan fingerprint density at radius 3 is 0.918 bits per heavy atom. The van der Waals surface area contributed by atoms with E-state index in [2.05, 4.69) is 172 Å². The molecule has 0 amide bonds. The largest absolute Gasteiger partial charge is 0.449 e. The molecule has 5 heteroatoms. The van der Waals surface area contributed by atoms with E-state index in [9.17, 15) is 0 Å². The van der Waals surface area contributed by atoms with Gasteiger partial charge in [-0.25, -0.2) is 0 Å². The molecule has 6 aromatic rings. The van der Waals surface area contributed by atoms with Gasteiger partial charge in [0.25, 0.3) is 0 Å². The van der Waals surface area contributed by atoms with Gasteiger partial charge in [0.2, 0.25) is 16.6 Å². The highest BCUT2D eigenvalue weighted by Gasteiger charge is 2.36. The van der Waals surface area contributed by atoms with E-state index in [0.717, 1.165) is 11.1 Å². The van der Waals surface area contributed by atoms with Crippen LogP contribution in [0.3, 0.4) is 0 Å². The van der Waals surface area contributed by atoms with Gasteiger partial charge in [0.15, 0.2) is 0 Å². The first-order chi connectivity index (χ1) is 23.8. The van der Waals surface area contributed by atoms with Crippen LogP contribution in [0.15, 0.2) is 180 Å². The summed E-state index contributed by atoms with van der Waals surface area (Å²) >= 11 is 0. The second-order valence-corrected chi connectivity index (χ2v) is 21.4. The minimum Gasteiger partial charge on any atom is -0.449 e. The van der Waals surface area contributed by atoms with Crippen molar-refractivity contribution in [3.05, 3.63) is 203 Å². The third-order valence-electron chi connectivity index (χ3n) is 8.93. The van der Waals surface area contributed by atoms with E-state index < -0.39 is 16.6 Å². The molecule has 0 saturated carbocycles. The highest BCUT2D eigenvalue weighted by molar-refractivity contribution is 6.96. The molecule has 0 fully saturated rings. The third kappa shape index (κ3) is 8.75. The summed E-state index contributed by atoms with van der Waals surface area (Å²) in [5, 5.41) is 2.56. The lowest BCUT2D eigenvalue weighted by molar-refractivity contribution is 0.573. The van der Waals surface area contributed by atoms with Crippen LogP contribution in [-0.4, -0.2) is 29.1 Å². The van der Waals surface area contributed by atoms with Crippen LogP contribution < -0.4 is 10.4 Å². The minimum atomic E-state index is -2.20. The highest BCUT2D eigenvalue weighted by Crippen LogP contribution is 2.27. The number of hydrogen-bond acceptors (Lipinski definition) is 3. The van der Waals surface area contributed by atoms with E-state index in [1.807, 2.05) is 36.7 Å². The summed E-state index contributed by atoms with van der Waals surface area (Å²) < 4.78 is 7.12. The van der Waals surface area contributed by atoms with Gasteiger partial charge in [-0.2, -0.15) is 0 Å². The molecule has 6 rings (SSSR count). The van der Waals surface area contributed by atoms with Crippen LogP contribution in [0.2, 0.25) is 26.2 Å². The minimum absolute atomic E-state index is 0.0464. The first kappa shape index (κ1) is 33.9. The van der Waals surface area contributed by atoms with Gasteiger partial charge >= 0.3 is 0 Å². The molecule has 6 aromatic carbocycles. The van der Waals surface area contributed by atoms with Crippen LogP contribution in [0.5, 0.6) is 0 Å². The fourth-order valence-corrected chi connectivity index (χ4v) is 14.3. The first-order valence-electron chi connectivity index (χ1n) is 17.0. The smallest absolute Gasteiger partial charge is 0.206 e. The van der Waals surface area contributed by atoms with Crippen molar-refractivity contribution in [1.82, 2.24) is 0 Å². The van der Waals surface area contributed by atoms with Gasteiger partial charge in [0, 0.05) is 12.4 Å². The summed E-state index contributed by atoms with van der Waals surface area (Å²) in [6, 6.07) is 59.4. The summed E-state index contributed by atoms with van der Waals surface area (Å²) in [6.07, 6.45) is 3.99. The fourth-order valence-electron chi connectivity index (χ4n) is 6.29. The molecule has 0 N–H and O–H groups in total. The average molecular weight is 673 g/mol. The van der Waals surface area contributed by atoms with Crippen molar-refractivity contribution in [2.45, 2.75) is 38.3 Å². The second kappa shape index (κ2) is 15.5. The molecule has 0 unspecified atom stereocenters. The Balaban J connectivity index is 1.14. The van der Waals surface area contributed by atoms with Crippen molar-refractivity contribution in [1.29, 1.82) is 0 Å². The molecule has 0 aliphatic carbocycles. The van der Waals surface area contributed by atoms with E-state index in [4.69, 9.17) is 14.1 Å². The Morgan fingerprint density at radius 2 is 0.653 bits per heavy atom. The van der Waals surface area contributed by atoms with Crippen LogP contribution in [0, 0.1) is 0 Å². The molecule has 49 heavy (non-hydrogen) atoms. The summed E-state index contributed by atoms with van der Waals surface area (Å²) in [6.45, 7) is 9.22. The van der Waals surface area contributed by atoms with Crippen LogP contribution in [-0.2, 0) is 4.12 Å². The molecular weight excluding hydrogens is 629 g/mol. The summed E-state index contributed by atoms with van der Waals surface area (Å²) in [5.74, 6) is 0. The predicted octanol–water partition coefficient (Wildman–Crippen LogP) is 9.64. The van der Waals surface area contributed by atoms with Crippen LogP contribution in [0.25, 0.3) is 0 Å². The molecule has 0 atom stereocenters. The molecule has 0 aliphatic rings. The molecule has 244 valence electrons. The summed E-state index contributed by atoms with van der Waals surface area (Å²) in [7, 11) is -4.40. The Kier molecular flexibility index (Phi) is 10.7. The Labute approximate surface area is 294 Å². The van der Waals surface area contributed by atoms with Gasteiger partial charge in [0.05, 0.1) is 12.1 Å². The van der Waals surface area contributed by atoms with Crippen molar-refractivity contribution in [2.24, 2.45) is 9.98 Å². The Morgan fingerprint density at radius 1 is 0.388 bits per heavy atom. The van der Waals surface area contributed by atoms with Gasteiger partial charge < -0.3 is 4.12 Å². The molecule has 0 spiro atoms. The monoisotopic (exact) mass is 672 g/mol. The van der Waals surface area contributed by atoms with Crippen molar-refractivity contribution >= 4 is 39.4 Å². The lowest BCUT2D eigenvalue weighted by Crippen LogP contribution is -2.57. The van der Waals surface area contributed by atoms with Crippen molar-refractivity contribution in [3.63, 3.8) is 0 Å². The maximum atomic E-state index is 7.12. The highest BCUT2D eigenvalue weighted by atomic mass is 28.4. The molecule has 0 bridgehead atoms. The van der Waals surface area contributed by atoms with E-state index in [0.29, 0.717) is 0 Å². The molecular formula is C44H44N2OSi2. The second-order valence-electron chi connectivity index (χ2n) is 13.4. The lowest BCUT2D eigenvalue weighted by Gasteiger charge is -2.34. The maximum Gasteiger partial charge on any atom is 0.206 e. The van der Waals surface area contributed by atoms with Crippen LogP contribution in [0.4, 0.5) is 0 Å². The normalized spacial score (nSPS) is 12.4. The number of benzene rings is 6. The quantitative estimate of drug-likeness (QED) is 0.0942. The number of rotatable bonds is 12. The number of hydrogen-bond donors (Lipinski definition) is 0. The molecule has 0 aliphatic heterocycles. The zero-order chi connectivity index (χ0) is 34.1. The molecule has 0 radical (unpaired) electrons. The van der Waals surface area contributed by atoms with Crippen LogP contribution >= 0.6 is 0 Å². The van der Waals surface area contributed by atoms with E-state index >= 15 is 0 Å². The van der Waals surface area contributed by atoms with Gasteiger partial charge in [0.1, 0.15) is 0 Å². The Hall–Kier alpha value is -4.95. The standard InChI is InChI=1S/C44H44N2OSi2/c1-48(2,41-29-25-35(26-30-41)33-45-43(37-17-9-5-10-18-37)38-19-11-6-12-20-38)47-49(3,4)42-31-27-36(28-32-42)34-46-44(39-21-13-7-14-22-39)40-23-15-8-16-24-40/h5-34,43-44H,1-4H3. The van der Waals surface area contributed by atoms with E-state index in [-0.39, 0.29) is 12.1 Å². The zero-order valence-corrected chi connectivity index (χ0v) is 30.8. The van der Waals surface area contributed by atoms with Crippen molar-refractivity contribution in [2.75, 3.05) is 0 Å². The fraction of sp³-hybridized carbons (Fsp3) is 0.136. The topological polar surface area (TPSA) is 34.0 Å². The van der Waals surface area contributed by atoms with Gasteiger partial charge in [-0.05, 0) is 69.9 Å². The summed E-state index contributed by atoms with van der Waals surface area (Å²) in [4.78, 5) is 10.1. The first-order valence-corrected chi connectivity index (χ1v) is 22.8. The third-order valence-corrected chi connectivity index (χ3v) is 16.5. The number of nitrogens with zero attached hydrogens (tertiary/aromatic N) is 2. The van der Waals surface area contributed by atoms with Crippen LogP contribution in [0.1, 0.15) is 45.5 Å². The Bertz CT molecular complexity index is 1730. The number of aliphatic imine (C=N–C) groups is 2. The van der Waals surface area contributed by atoms with Gasteiger partial charge in [-0.1, -0.05) is 170 Å². The lowest BCUT2D eigenvalue weighted by atomic mass is 9.99. The van der Waals surface area contributed by atoms with E-state index in [1.54, 1.807) is 0 Å².